The number of allylic oxidation sites excluding steroid dienone is 6. The molecular weight excluding hydrogens is 623 g/mol. The summed E-state index contributed by atoms with van der Waals surface area (Å²) < 4.78 is 6.24. The summed E-state index contributed by atoms with van der Waals surface area (Å²) in [6, 6.07) is 42.5. The summed E-state index contributed by atoms with van der Waals surface area (Å²) in [4.78, 5) is 15.4. The van der Waals surface area contributed by atoms with Crippen LogP contribution < -0.4 is 0 Å². The Hall–Kier alpha value is -6.13. The Balaban J connectivity index is 1.14. The summed E-state index contributed by atoms with van der Waals surface area (Å²) in [5.74, 6) is 1.94. The van der Waals surface area contributed by atoms with E-state index in [1.165, 1.54) is 27.1 Å². The second-order valence-corrected chi connectivity index (χ2v) is 13.8. The van der Waals surface area contributed by atoms with Gasteiger partial charge in [-0.05, 0) is 63.7 Å². The highest BCUT2D eigenvalue weighted by Crippen LogP contribution is 2.38. The first-order valence-electron chi connectivity index (χ1n) is 17.8. The molecule has 0 radical (unpaired) electrons. The van der Waals surface area contributed by atoms with E-state index in [4.69, 9.17) is 19.4 Å². The van der Waals surface area contributed by atoms with E-state index in [1.807, 2.05) is 30.3 Å². The molecule has 4 heteroatoms. The van der Waals surface area contributed by atoms with Crippen molar-refractivity contribution in [2.75, 3.05) is 0 Å². The molecule has 1 aliphatic carbocycles. The van der Waals surface area contributed by atoms with Crippen LogP contribution >= 0.6 is 0 Å². The fraction of sp³-hybridized carbons (Fsp3) is 0.128. The Morgan fingerprint density at radius 1 is 0.647 bits per heavy atom. The summed E-state index contributed by atoms with van der Waals surface area (Å²) in [6.45, 7) is 4.49. The molecule has 0 fully saturated rings. The Labute approximate surface area is 297 Å². The largest absolute Gasteiger partial charge is 0.456 e. The van der Waals surface area contributed by atoms with Gasteiger partial charge in [0.1, 0.15) is 11.2 Å². The molecule has 0 saturated carbocycles. The fourth-order valence-corrected chi connectivity index (χ4v) is 7.26. The summed E-state index contributed by atoms with van der Waals surface area (Å²) in [5.41, 5.74) is 6.83. The maximum Gasteiger partial charge on any atom is 0.164 e. The van der Waals surface area contributed by atoms with Crippen LogP contribution in [0.4, 0.5) is 0 Å². The highest BCUT2D eigenvalue weighted by Gasteiger charge is 2.23. The van der Waals surface area contributed by atoms with Gasteiger partial charge >= 0.3 is 0 Å². The zero-order chi connectivity index (χ0) is 34.4. The average molecular weight is 660 g/mol. The van der Waals surface area contributed by atoms with Gasteiger partial charge in [-0.3, -0.25) is 0 Å². The van der Waals surface area contributed by atoms with Gasteiger partial charge in [-0.1, -0.05) is 154 Å². The van der Waals surface area contributed by atoms with Crippen LogP contribution in [0.2, 0.25) is 0 Å². The van der Waals surface area contributed by atoms with Gasteiger partial charge in [-0.25, -0.2) is 15.0 Å². The normalized spacial score (nSPS) is 16.2. The molecule has 0 aliphatic heterocycles. The van der Waals surface area contributed by atoms with E-state index < -0.39 is 0 Å². The maximum absolute atomic E-state index is 6.24. The van der Waals surface area contributed by atoms with Crippen LogP contribution in [0.15, 0.2) is 156 Å². The monoisotopic (exact) mass is 659 g/mol. The van der Waals surface area contributed by atoms with Gasteiger partial charge in [0.05, 0.1) is 0 Å². The van der Waals surface area contributed by atoms with Crippen LogP contribution in [0.1, 0.15) is 38.9 Å². The molecule has 9 rings (SSSR count). The molecule has 8 aromatic rings. The molecule has 246 valence electrons. The van der Waals surface area contributed by atoms with Crippen LogP contribution in [0.25, 0.3) is 83.0 Å². The van der Waals surface area contributed by atoms with E-state index >= 15 is 0 Å². The Morgan fingerprint density at radius 3 is 2.16 bits per heavy atom. The van der Waals surface area contributed by atoms with Gasteiger partial charge in [0.15, 0.2) is 17.5 Å². The van der Waals surface area contributed by atoms with Crippen molar-refractivity contribution in [1.82, 2.24) is 15.0 Å². The van der Waals surface area contributed by atoms with Crippen molar-refractivity contribution in [2.45, 2.75) is 33.1 Å². The standard InChI is InChI=1S/C47H37N3O/c1-3-4-9-27-47(2)28-25-35(26-29-47)45-48-44(49-46(50-45)39-14-10-16-42-43(39)38-13-7-8-15-41(38)51-42)34-22-17-31(18-23-34)36-24-21-33-20-19-32-11-5-6-12-37(32)40(33)30-36/h5-28,30H,3-4,29H2,1-2H3/b27-9-. The number of unbranched alkanes of at least 4 members (excludes halogenated alkanes) is 1. The predicted octanol–water partition coefficient (Wildman–Crippen LogP) is 12.8. The van der Waals surface area contributed by atoms with E-state index in [0.717, 1.165) is 63.5 Å². The third kappa shape index (κ3) is 5.73. The van der Waals surface area contributed by atoms with Crippen molar-refractivity contribution >= 4 is 49.1 Å². The first-order valence-corrected chi connectivity index (χ1v) is 17.8. The summed E-state index contributed by atoms with van der Waals surface area (Å²) >= 11 is 0. The smallest absolute Gasteiger partial charge is 0.164 e. The van der Waals surface area contributed by atoms with Crippen molar-refractivity contribution in [2.24, 2.45) is 5.41 Å². The first-order chi connectivity index (χ1) is 25.0. The molecule has 1 atom stereocenters. The highest BCUT2D eigenvalue weighted by molar-refractivity contribution is 6.12. The van der Waals surface area contributed by atoms with Crippen LogP contribution in [0.5, 0.6) is 0 Å². The number of aromatic nitrogens is 3. The lowest BCUT2D eigenvalue weighted by molar-refractivity contribution is 0.555. The van der Waals surface area contributed by atoms with Crippen molar-refractivity contribution in [1.29, 1.82) is 0 Å². The van der Waals surface area contributed by atoms with Gasteiger partial charge in [-0.2, -0.15) is 0 Å². The SMILES string of the molecule is CCC/C=C\C1(C)C=CC(c2nc(-c3ccc(-c4ccc5ccc6ccccc6c5c4)cc3)nc(-c3cccc4oc5ccccc5c34)n2)=CC1. The number of furan rings is 1. The molecule has 2 aromatic heterocycles. The zero-order valence-electron chi connectivity index (χ0n) is 28.8. The van der Waals surface area contributed by atoms with Gasteiger partial charge in [0.2, 0.25) is 0 Å². The lowest BCUT2D eigenvalue weighted by atomic mass is 9.81. The van der Waals surface area contributed by atoms with E-state index in [2.05, 4.69) is 135 Å². The van der Waals surface area contributed by atoms with Crippen LogP contribution in [0.3, 0.4) is 0 Å². The lowest BCUT2D eigenvalue weighted by Gasteiger charge is -2.24. The topological polar surface area (TPSA) is 51.8 Å². The van der Waals surface area contributed by atoms with E-state index in [-0.39, 0.29) is 5.41 Å². The number of rotatable bonds is 7. The summed E-state index contributed by atoms with van der Waals surface area (Å²) in [6.07, 6.45) is 14.5. The number of hydrogen-bond donors (Lipinski definition) is 0. The first kappa shape index (κ1) is 30.9. The minimum atomic E-state index is -0.0243. The molecule has 0 spiro atoms. The predicted molar refractivity (Wildman–Crippen MR) is 212 cm³/mol. The van der Waals surface area contributed by atoms with Crippen molar-refractivity contribution < 1.29 is 4.42 Å². The molecule has 1 aliphatic rings. The third-order valence-corrected chi connectivity index (χ3v) is 10.1. The molecule has 51 heavy (non-hydrogen) atoms. The molecule has 2 heterocycles. The highest BCUT2D eigenvalue weighted by atomic mass is 16.3. The van der Waals surface area contributed by atoms with Crippen LogP contribution in [-0.2, 0) is 0 Å². The Bertz CT molecular complexity index is 2700. The van der Waals surface area contributed by atoms with Gasteiger partial charge in [0, 0.05) is 32.9 Å². The second-order valence-electron chi connectivity index (χ2n) is 13.8. The minimum absolute atomic E-state index is 0.0243. The number of fused-ring (bicyclic) bond motifs is 6. The number of nitrogens with zero attached hydrogens (tertiary/aromatic N) is 3. The average Bonchev–Trinajstić information content (AvgIpc) is 3.57. The maximum atomic E-state index is 6.24. The Kier molecular flexibility index (Phi) is 7.66. The van der Waals surface area contributed by atoms with E-state index in [0.29, 0.717) is 17.5 Å². The molecule has 0 amide bonds. The number of hydrogen-bond acceptors (Lipinski definition) is 4. The van der Waals surface area contributed by atoms with Crippen LogP contribution in [-0.4, -0.2) is 15.0 Å². The molecule has 1 unspecified atom stereocenters. The molecule has 0 N–H and O–H groups in total. The van der Waals surface area contributed by atoms with E-state index in [1.54, 1.807) is 0 Å². The van der Waals surface area contributed by atoms with Gasteiger partial charge < -0.3 is 4.42 Å². The molecule has 0 saturated heterocycles. The summed E-state index contributed by atoms with van der Waals surface area (Å²) in [7, 11) is 0. The second kappa shape index (κ2) is 12.6. The van der Waals surface area contributed by atoms with Crippen LogP contribution in [0, 0.1) is 5.41 Å². The van der Waals surface area contributed by atoms with Crippen molar-refractivity contribution in [3.63, 3.8) is 0 Å². The summed E-state index contributed by atoms with van der Waals surface area (Å²) in [5, 5.41) is 7.07. The fourth-order valence-electron chi connectivity index (χ4n) is 7.26. The zero-order valence-corrected chi connectivity index (χ0v) is 28.8. The van der Waals surface area contributed by atoms with Crippen molar-refractivity contribution in [3.8, 4) is 33.9 Å². The third-order valence-electron chi connectivity index (χ3n) is 10.1. The number of para-hydroxylation sites is 1. The Morgan fingerprint density at radius 2 is 1.33 bits per heavy atom. The van der Waals surface area contributed by atoms with Gasteiger partial charge in [-0.15, -0.1) is 0 Å². The molecule has 4 nitrogen and oxygen atoms in total. The molecular formula is C47H37N3O. The lowest BCUT2D eigenvalue weighted by Crippen LogP contribution is -2.12. The minimum Gasteiger partial charge on any atom is -0.456 e. The quantitative estimate of drug-likeness (QED) is 0.126. The molecule has 0 bridgehead atoms. The van der Waals surface area contributed by atoms with Crippen molar-refractivity contribution in [3.05, 3.63) is 158 Å². The van der Waals surface area contributed by atoms with Gasteiger partial charge in [0.25, 0.3) is 0 Å². The number of benzene rings is 6. The van der Waals surface area contributed by atoms with E-state index in [9.17, 15) is 0 Å². The molecule has 6 aromatic carbocycles.